The first kappa shape index (κ1) is 11.7. The Bertz CT molecular complexity index is 398. The molecule has 5 heteroatoms. The van der Waals surface area contributed by atoms with Gasteiger partial charge in [-0.1, -0.05) is 13.8 Å². The van der Waals surface area contributed by atoms with Gasteiger partial charge in [0.25, 0.3) is 5.56 Å². The van der Waals surface area contributed by atoms with Crippen molar-refractivity contribution < 1.29 is 4.74 Å². The molecule has 0 aliphatic carbocycles. The standard InChI is InChI=1S/C10H17N3O2/c1-5(2)7(15-4)9-12-8(11)6(3)10(14)13-9/h5,7H,1-4H3,(H3,11,12,13,14). The molecule has 84 valence electrons. The predicted molar refractivity (Wildman–Crippen MR) is 58.6 cm³/mol. The van der Waals surface area contributed by atoms with Crippen LogP contribution in [0.2, 0.25) is 0 Å². The van der Waals surface area contributed by atoms with Crippen LogP contribution in [-0.2, 0) is 4.74 Å². The number of H-pyrrole nitrogens is 1. The molecular weight excluding hydrogens is 194 g/mol. The molecule has 5 nitrogen and oxygen atoms in total. The average Bonchev–Trinajstić information content (AvgIpc) is 2.14. The van der Waals surface area contributed by atoms with Crippen LogP contribution in [0.5, 0.6) is 0 Å². The third kappa shape index (κ3) is 2.36. The van der Waals surface area contributed by atoms with E-state index in [4.69, 9.17) is 10.5 Å². The fraction of sp³-hybridized carbons (Fsp3) is 0.600. The maximum Gasteiger partial charge on any atom is 0.255 e. The maximum absolute atomic E-state index is 11.5. The third-order valence-electron chi connectivity index (χ3n) is 2.34. The molecule has 1 rings (SSSR count). The van der Waals surface area contributed by atoms with Gasteiger partial charge in [-0.25, -0.2) is 4.98 Å². The van der Waals surface area contributed by atoms with Crippen LogP contribution < -0.4 is 11.3 Å². The largest absolute Gasteiger partial charge is 0.383 e. The summed E-state index contributed by atoms with van der Waals surface area (Å²) in [6.07, 6.45) is -0.236. The van der Waals surface area contributed by atoms with Gasteiger partial charge in [0.15, 0.2) is 0 Å². The molecule has 1 atom stereocenters. The van der Waals surface area contributed by atoms with Crippen molar-refractivity contribution in [3.05, 3.63) is 21.7 Å². The van der Waals surface area contributed by atoms with E-state index in [9.17, 15) is 4.79 Å². The van der Waals surface area contributed by atoms with E-state index in [-0.39, 0.29) is 23.4 Å². The number of nitrogens with one attached hydrogen (secondary N) is 1. The Morgan fingerprint density at radius 3 is 2.47 bits per heavy atom. The highest BCUT2D eigenvalue weighted by Crippen LogP contribution is 2.21. The molecule has 0 fully saturated rings. The highest BCUT2D eigenvalue weighted by atomic mass is 16.5. The lowest BCUT2D eigenvalue weighted by Gasteiger charge is -2.18. The van der Waals surface area contributed by atoms with Crippen LogP contribution in [-0.4, -0.2) is 17.1 Å². The zero-order valence-electron chi connectivity index (χ0n) is 9.50. The summed E-state index contributed by atoms with van der Waals surface area (Å²) in [6, 6.07) is 0. The lowest BCUT2D eigenvalue weighted by Crippen LogP contribution is -2.22. The molecule has 0 aliphatic heterocycles. The lowest BCUT2D eigenvalue weighted by molar-refractivity contribution is 0.0573. The van der Waals surface area contributed by atoms with Crippen LogP contribution in [0, 0.1) is 12.8 Å². The van der Waals surface area contributed by atoms with Gasteiger partial charge in [0.2, 0.25) is 0 Å². The van der Waals surface area contributed by atoms with Gasteiger partial charge >= 0.3 is 0 Å². The highest BCUT2D eigenvalue weighted by Gasteiger charge is 2.18. The summed E-state index contributed by atoms with van der Waals surface area (Å²) >= 11 is 0. The number of anilines is 1. The number of nitrogens with two attached hydrogens (primary N) is 1. The molecular formula is C10H17N3O2. The highest BCUT2D eigenvalue weighted by molar-refractivity contribution is 5.36. The summed E-state index contributed by atoms with van der Waals surface area (Å²) in [5.74, 6) is 0.970. The summed E-state index contributed by atoms with van der Waals surface area (Å²) in [5, 5.41) is 0. The summed E-state index contributed by atoms with van der Waals surface area (Å²) < 4.78 is 5.26. The number of aromatic amines is 1. The molecule has 0 amide bonds. The zero-order valence-corrected chi connectivity index (χ0v) is 9.50. The minimum atomic E-state index is -0.236. The van der Waals surface area contributed by atoms with Crippen molar-refractivity contribution in [2.75, 3.05) is 12.8 Å². The number of aromatic nitrogens is 2. The second kappa shape index (κ2) is 4.44. The van der Waals surface area contributed by atoms with E-state index >= 15 is 0 Å². The van der Waals surface area contributed by atoms with Crippen LogP contribution in [0.25, 0.3) is 0 Å². The first-order valence-electron chi connectivity index (χ1n) is 4.86. The van der Waals surface area contributed by atoms with Gasteiger partial charge in [-0.15, -0.1) is 0 Å². The second-order valence-corrected chi connectivity index (χ2v) is 3.86. The summed E-state index contributed by atoms with van der Waals surface area (Å²) in [5.41, 5.74) is 5.86. The molecule has 0 radical (unpaired) electrons. The second-order valence-electron chi connectivity index (χ2n) is 3.86. The Labute approximate surface area is 88.7 Å². The lowest BCUT2D eigenvalue weighted by atomic mass is 10.1. The smallest absolute Gasteiger partial charge is 0.255 e. The monoisotopic (exact) mass is 211 g/mol. The molecule has 1 aromatic rings. The van der Waals surface area contributed by atoms with Crippen molar-refractivity contribution in [2.24, 2.45) is 5.92 Å². The van der Waals surface area contributed by atoms with Gasteiger partial charge in [0.05, 0.1) is 5.56 Å². The molecule has 0 aromatic carbocycles. The van der Waals surface area contributed by atoms with E-state index in [1.165, 1.54) is 0 Å². The van der Waals surface area contributed by atoms with Gasteiger partial charge in [0.1, 0.15) is 17.7 Å². The Kier molecular flexibility index (Phi) is 3.47. The average molecular weight is 211 g/mol. The molecule has 3 N–H and O–H groups in total. The van der Waals surface area contributed by atoms with Crippen molar-refractivity contribution in [2.45, 2.75) is 26.9 Å². The topological polar surface area (TPSA) is 81.0 Å². The molecule has 1 aromatic heterocycles. The number of methoxy groups -OCH3 is 1. The molecule has 0 bridgehead atoms. The van der Waals surface area contributed by atoms with Gasteiger partial charge < -0.3 is 15.5 Å². The Morgan fingerprint density at radius 2 is 2.07 bits per heavy atom. The molecule has 0 aliphatic rings. The third-order valence-corrected chi connectivity index (χ3v) is 2.34. The molecule has 15 heavy (non-hydrogen) atoms. The molecule has 0 saturated heterocycles. The summed E-state index contributed by atoms with van der Waals surface area (Å²) in [7, 11) is 1.58. The fourth-order valence-corrected chi connectivity index (χ4v) is 1.40. The van der Waals surface area contributed by atoms with Crippen molar-refractivity contribution in [1.82, 2.24) is 9.97 Å². The van der Waals surface area contributed by atoms with Gasteiger partial charge in [-0.3, -0.25) is 4.79 Å². The number of ether oxygens (including phenoxy) is 1. The minimum Gasteiger partial charge on any atom is -0.383 e. The van der Waals surface area contributed by atoms with Gasteiger partial charge in [0, 0.05) is 7.11 Å². The van der Waals surface area contributed by atoms with Crippen molar-refractivity contribution in [3.63, 3.8) is 0 Å². The summed E-state index contributed by atoms with van der Waals surface area (Å²) in [6.45, 7) is 5.62. The van der Waals surface area contributed by atoms with Crippen LogP contribution in [0.3, 0.4) is 0 Å². The predicted octanol–water partition coefficient (Wildman–Crippen LogP) is 1.00. The maximum atomic E-state index is 11.5. The number of rotatable bonds is 3. The van der Waals surface area contributed by atoms with E-state index in [0.717, 1.165) is 0 Å². The van der Waals surface area contributed by atoms with Gasteiger partial charge in [-0.2, -0.15) is 0 Å². The molecule has 0 spiro atoms. The van der Waals surface area contributed by atoms with Gasteiger partial charge in [-0.05, 0) is 12.8 Å². The first-order valence-corrected chi connectivity index (χ1v) is 4.86. The number of hydrogen-bond acceptors (Lipinski definition) is 4. The Morgan fingerprint density at radius 1 is 1.47 bits per heavy atom. The molecule has 1 heterocycles. The zero-order chi connectivity index (χ0) is 11.6. The van der Waals surface area contributed by atoms with Crippen molar-refractivity contribution in [1.29, 1.82) is 0 Å². The van der Waals surface area contributed by atoms with Crippen LogP contribution in [0.4, 0.5) is 5.82 Å². The molecule has 0 saturated carbocycles. The summed E-state index contributed by atoms with van der Waals surface area (Å²) in [4.78, 5) is 18.3. The fourth-order valence-electron chi connectivity index (χ4n) is 1.40. The minimum absolute atomic E-state index is 0.208. The number of hydrogen-bond donors (Lipinski definition) is 2. The quantitative estimate of drug-likeness (QED) is 0.781. The number of nitrogens with zero attached hydrogens (tertiary/aromatic N) is 1. The van der Waals surface area contributed by atoms with Crippen molar-refractivity contribution >= 4 is 5.82 Å². The first-order chi connectivity index (χ1) is 6.97. The van der Waals surface area contributed by atoms with E-state index in [1.807, 2.05) is 13.8 Å². The van der Waals surface area contributed by atoms with Crippen LogP contribution >= 0.6 is 0 Å². The Hall–Kier alpha value is -1.36. The van der Waals surface area contributed by atoms with E-state index in [0.29, 0.717) is 11.4 Å². The normalized spacial score (nSPS) is 13.1. The SMILES string of the molecule is COC(c1nc(N)c(C)c(=O)[nH]1)C(C)C. The van der Waals surface area contributed by atoms with E-state index < -0.39 is 0 Å². The van der Waals surface area contributed by atoms with Crippen molar-refractivity contribution in [3.8, 4) is 0 Å². The van der Waals surface area contributed by atoms with E-state index in [1.54, 1.807) is 14.0 Å². The molecule has 1 unspecified atom stereocenters. The van der Waals surface area contributed by atoms with Crippen LogP contribution in [0.1, 0.15) is 31.3 Å². The van der Waals surface area contributed by atoms with Crippen LogP contribution in [0.15, 0.2) is 4.79 Å². The van der Waals surface area contributed by atoms with E-state index in [2.05, 4.69) is 9.97 Å². The Balaban J connectivity index is 3.21. The number of nitrogen functional groups attached to an aromatic ring is 1.